The third-order valence-electron chi connectivity index (χ3n) is 3.27. The molecule has 0 aliphatic carbocycles. The van der Waals surface area contributed by atoms with Gasteiger partial charge in [0.2, 0.25) is 0 Å². The summed E-state index contributed by atoms with van der Waals surface area (Å²) < 4.78 is 44.7. The van der Waals surface area contributed by atoms with Gasteiger partial charge in [0.15, 0.2) is 5.60 Å². The maximum absolute atomic E-state index is 13.3. The Hall–Kier alpha value is -1.43. The molecule has 0 aliphatic rings. The van der Waals surface area contributed by atoms with Gasteiger partial charge in [0.05, 0.1) is 7.11 Å². The summed E-state index contributed by atoms with van der Waals surface area (Å²) in [6.07, 6.45) is -4.81. The van der Waals surface area contributed by atoms with Crippen molar-refractivity contribution in [2.45, 2.75) is 32.5 Å². The van der Waals surface area contributed by atoms with E-state index in [1.807, 2.05) is 0 Å². The number of methoxy groups -OCH3 is 1. The highest BCUT2D eigenvalue weighted by atomic mass is 19.4. The van der Waals surface area contributed by atoms with Crippen molar-refractivity contribution in [2.24, 2.45) is 5.92 Å². The van der Waals surface area contributed by atoms with Crippen LogP contribution in [-0.4, -0.2) is 18.4 Å². The van der Waals surface area contributed by atoms with Gasteiger partial charge >= 0.3 is 6.18 Å². The van der Waals surface area contributed by atoms with E-state index in [1.54, 1.807) is 6.92 Å². The van der Waals surface area contributed by atoms with Crippen LogP contribution in [-0.2, 0) is 5.60 Å². The average molecular weight is 277 g/mol. The Balaban J connectivity index is 3.61. The van der Waals surface area contributed by atoms with Crippen molar-refractivity contribution in [3.05, 3.63) is 23.3 Å². The van der Waals surface area contributed by atoms with Gasteiger partial charge < -0.3 is 15.6 Å². The first kappa shape index (κ1) is 15.6. The van der Waals surface area contributed by atoms with Gasteiger partial charge in [-0.3, -0.25) is 0 Å². The summed E-state index contributed by atoms with van der Waals surface area (Å²) in [5.41, 5.74) is 3.13. The number of benzene rings is 1. The molecule has 6 heteroatoms. The molecule has 0 aliphatic heterocycles. The number of hydrogen-bond acceptors (Lipinski definition) is 3. The lowest BCUT2D eigenvalue weighted by Crippen LogP contribution is -2.47. The van der Waals surface area contributed by atoms with Gasteiger partial charge in [-0.2, -0.15) is 13.2 Å². The molecule has 0 saturated carbocycles. The van der Waals surface area contributed by atoms with Crippen LogP contribution in [0.3, 0.4) is 0 Å². The van der Waals surface area contributed by atoms with Crippen LogP contribution in [0.25, 0.3) is 0 Å². The number of anilines is 1. The maximum Gasteiger partial charge on any atom is 0.421 e. The van der Waals surface area contributed by atoms with Gasteiger partial charge in [-0.15, -0.1) is 0 Å². The molecule has 0 bridgehead atoms. The highest BCUT2D eigenvalue weighted by Gasteiger charge is 2.58. The fraction of sp³-hybridized carbons (Fsp3) is 0.538. The van der Waals surface area contributed by atoms with E-state index in [9.17, 15) is 18.3 Å². The minimum absolute atomic E-state index is 0.0726. The predicted octanol–water partition coefficient (Wildman–Crippen LogP) is 2.99. The standard InChI is InChI=1S/C13H18F3NO2/c1-7(2)12(18,13(14,15)16)9-5-8(3)10(17)6-11(9)19-4/h5-7,18H,17H2,1-4H3. The lowest BCUT2D eigenvalue weighted by atomic mass is 9.81. The van der Waals surface area contributed by atoms with E-state index in [4.69, 9.17) is 10.5 Å². The Morgan fingerprint density at radius 1 is 1.26 bits per heavy atom. The monoisotopic (exact) mass is 277 g/mol. The second kappa shape index (κ2) is 4.92. The van der Waals surface area contributed by atoms with Gasteiger partial charge in [-0.1, -0.05) is 13.8 Å². The van der Waals surface area contributed by atoms with Crippen LogP contribution < -0.4 is 10.5 Å². The fourth-order valence-electron chi connectivity index (χ4n) is 1.96. The zero-order chi connectivity index (χ0) is 15.0. The molecule has 0 heterocycles. The van der Waals surface area contributed by atoms with Crippen LogP contribution in [0.2, 0.25) is 0 Å². The van der Waals surface area contributed by atoms with Crippen molar-refractivity contribution in [2.75, 3.05) is 12.8 Å². The van der Waals surface area contributed by atoms with E-state index in [0.717, 1.165) is 0 Å². The van der Waals surface area contributed by atoms with Crippen molar-refractivity contribution in [3.8, 4) is 5.75 Å². The van der Waals surface area contributed by atoms with Gasteiger partial charge in [0.25, 0.3) is 0 Å². The first-order valence-electron chi connectivity index (χ1n) is 5.79. The average Bonchev–Trinajstić information content (AvgIpc) is 2.29. The van der Waals surface area contributed by atoms with Crippen molar-refractivity contribution < 1.29 is 23.0 Å². The van der Waals surface area contributed by atoms with E-state index >= 15 is 0 Å². The molecule has 1 aromatic rings. The second-order valence-electron chi connectivity index (χ2n) is 4.83. The minimum Gasteiger partial charge on any atom is -0.496 e. The van der Waals surface area contributed by atoms with Crippen molar-refractivity contribution in [1.29, 1.82) is 0 Å². The molecule has 0 amide bonds. The molecule has 0 spiro atoms. The zero-order valence-corrected chi connectivity index (χ0v) is 11.3. The molecule has 0 fully saturated rings. The first-order valence-corrected chi connectivity index (χ1v) is 5.79. The molecular weight excluding hydrogens is 259 g/mol. The fourth-order valence-corrected chi connectivity index (χ4v) is 1.96. The van der Waals surface area contributed by atoms with Crippen LogP contribution in [0.1, 0.15) is 25.0 Å². The summed E-state index contributed by atoms with van der Waals surface area (Å²) in [6, 6.07) is 2.52. The van der Waals surface area contributed by atoms with E-state index in [0.29, 0.717) is 11.3 Å². The van der Waals surface area contributed by atoms with Crippen LogP contribution in [0, 0.1) is 12.8 Å². The zero-order valence-electron chi connectivity index (χ0n) is 11.3. The third-order valence-corrected chi connectivity index (χ3v) is 3.27. The molecule has 3 N–H and O–H groups in total. The van der Waals surface area contributed by atoms with Gasteiger partial charge in [-0.05, 0) is 24.5 Å². The number of rotatable bonds is 3. The molecule has 19 heavy (non-hydrogen) atoms. The van der Waals surface area contributed by atoms with E-state index < -0.39 is 17.7 Å². The van der Waals surface area contributed by atoms with Crippen molar-refractivity contribution in [3.63, 3.8) is 0 Å². The van der Waals surface area contributed by atoms with Crippen LogP contribution in [0.4, 0.5) is 18.9 Å². The maximum atomic E-state index is 13.3. The second-order valence-corrected chi connectivity index (χ2v) is 4.83. The van der Waals surface area contributed by atoms with Crippen LogP contribution in [0.15, 0.2) is 12.1 Å². The topological polar surface area (TPSA) is 55.5 Å². The lowest BCUT2D eigenvalue weighted by molar-refractivity contribution is -0.283. The van der Waals surface area contributed by atoms with Crippen LogP contribution >= 0.6 is 0 Å². The Morgan fingerprint density at radius 2 is 1.79 bits per heavy atom. The van der Waals surface area contributed by atoms with E-state index in [2.05, 4.69) is 0 Å². The highest BCUT2D eigenvalue weighted by molar-refractivity contribution is 5.56. The summed E-state index contributed by atoms with van der Waals surface area (Å²) in [5.74, 6) is -1.14. The summed E-state index contributed by atoms with van der Waals surface area (Å²) in [4.78, 5) is 0. The molecule has 1 unspecified atom stereocenters. The first-order chi connectivity index (χ1) is 8.55. The van der Waals surface area contributed by atoms with Crippen molar-refractivity contribution in [1.82, 2.24) is 0 Å². The largest absolute Gasteiger partial charge is 0.496 e. The molecule has 0 saturated heterocycles. The van der Waals surface area contributed by atoms with Crippen molar-refractivity contribution >= 4 is 5.69 Å². The molecule has 0 radical (unpaired) electrons. The number of alkyl halides is 3. The summed E-state index contributed by atoms with van der Waals surface area (Å²) in [5, 5.41) is 10.2. The molecule has 1 rings (SSSR count). The predicted molar refractivity (Wildman–Crippen MR) is 66.9 cm³/mol. The molecule has 3 nitrogen and oxygen atoms in total. The van der Waals surface area contributed by atoms with E-state index in [-0.39, 0.29) is 11.3 Å². The summed E-state index contributed by atoms with van der Waals surface area (Å²) >= 11 is 0. The number of aliphatic hydroxyl groups is 1. The molecular formula is C13H18F3NO2. The number of ether oxygens (including phenoxy) is 1. The number of aryl methyl sites for hydroxylation is 1. The Morgan fingerprint density at radius 3 is 2.16 bits per heavy atom. The molecule has 1 aromatic carbocycles. The molecule has 108 valence electrons. The lowest BCUT2D eigenvalue weighted by Gasteiger charge is -2.35. The number of nitrogen functional groups attached to an aromatic ring is 1. The normalized spacial score (nSPS) is 15.4. The minimum atomic E-state index is -4.81. The smallest absolute Gasteiger partial charge is 0.421 e. The molecule has 0 aromatic heterocycles. The summed E-state index contributed by atoms with van der Waals surface area (Å²) in [6.45, 7) is 4.19. The number of nitrogens with two attached hydrogens (primary N) is 1. The van der Waals surface area contributed by atoms with Gasteiger partial charge in [-0.25, -0.2) is 0 Å². The Kier molecular flexibility index (Phi) is 4.05. The highest BCUT2D eigenvalue weighted by Crippen LogP contribution is 2.48. The number of hydrogen-bond donors (Lipinski definition) is 2. The Bertz CT molecular complexity index is 472. The SMILES string of the molecule is COc1cc(N)c(C)cc1C(O)(C(C)C)C(F)(F)F. The Labute approximate surface area is 110 Å². The van der Waals surface area contributed by atoms with Gasteiger partial charge in [0, 0.05) is 17.3 Å². The molecule has 1 atom stereocenters. The van der Waals surface area contributed by atoms with Crippen LogP contribution in [0.5, 0.6) is 5.75 Å². The number of halogens is 3. The van der Waals surface area contributed by atoms with E-state index in [1.165, 1.54) is 33.1 Å². The van der Waals surface area contributed by atoms with Gasteiger partial charge in [0.1, 0.15) is 5.75 Å². The summed E-state index contributed by atoms with van der Waals surface area (Å²) in [7, 11) is 1.24. The third kappa shape index (κ3) is 2.49. The quantitative estimate of drug-likeness (QED) is 0.835.